The van der Waals surface area contributed by atoms with E-state index >= 15 is 0 Å². The van der Waals surface area contributed by atoms with Crippen molar-refractivity contribution in [3.8, 4) is 5.75 Å². The molecular weight excluding hydrogens is 302 g/mol. The minimum absolute atomic E-state index is 0. The Bertz CT molecular complexity index is 558. The Morgan fingerprint density at radius 1 is 1.18 bits per heavy atom. The van der Waals surface area contributed by atoms with Gasteiger partial charge >= 0.3 is 0 Å². The van der Waals surface area contributed by atoms with E-state index in [1.165, 1.54) is 10.8 Å². The maximum atomic E-state index is 6.08. The second-order valence-corrected chi connectivity index (χ2v) is 5.04. The molecule has 0 bridgehead atoms. The van der Waals surface area contributed by atoms with Gasteiger partial charge in [-0.25, -0.2) is 0 Å². The van der Waals surface area contributed by atoms with Crippen LogP contribution in [0.3, 0.4) is 0 Å². The molecular formula is C13H13BrClNO. The van der Waals surface area contributed by atoms with E-state index in [4.69, 9.17) is 10.5 Å². The number of rotatable bonds is 0. The van der Waals surface area contributed by atoms with Crippen LogP contribution in [-0.4, -0.2) is 6.61 Å². The first-order chi connectivity index (χ1) is 7.74. The summed E-state index contributed by atoms with van der Waals surface area (Å²) in [4.78, 5) is 0. The Morgan fingerprint density at radius 2 is 2.00 bits per heavy atom. The zero-order chi connectivity index (χ0) is 11.1. The SMILES string of the molecule is Cl.N[C@@H]1CCOc2cc3ccc(Br)cc3cc21. The Labute approximate surface area is 115 Å². The molecule has 0 spiro atoms. The predicted octanol–water partition coefficient (Wildman–Crippen LogP) is 3.81. The van der Waals surface area contributed by atoms with E-state index in [0.29, 0.717) is 0 Å². The molecule has 4 heteroatoms. The Morgan fingerprint density at radius 3 is 2.82 bits per heavy atom. The molecule has 2 aromatic carbocycles. The molecule has 0 saturated heterocycles. The second-order valence-electron chi connectivity index (χ2n) is 4.13. The summed E-state index contributed by atoms with van der Waals surface area (Å²) >= 11 is 3.48. The lowest BCUT2D eigenvalue weighted by atomic mass is 9.97. The minimum atomic E-state index is 0. The maximum absolute atomic E-state index is 6.08. The molecule has 17 heavy (non-hydrogen) atoms. The van der Waals surface area contributed by atoms with Crippen molar-refractivity contribution in [3.63, 3.8) is 0 Å². The third-order valence-electron chi connectivity index (χ3n) is 3.02. The van der Waals surface area contributed by atoms with E-state index in [-0.39, 0.29) is 18.4 Å². The van der Waals surface area contributed by atoms with Crippen LogP contribution in [0, 0.1) is 0 Å². The average Bonchev–Trinajstić information content (AvgIpc) is 2.28. The predicted molar refractivity (Wildman–Crippen MR) is 75.9 cm³/mol. The zero-order valence-corrected chi connectivity index (χ0v) is 11.6. The smallest absolute Gasteiger partial charge is 0.124 e. The molecule has 1 aliphatic heterocycles. The van der Waals surface area contributed by atoms with Gasteiger partial charge in [-0.1, -0.05) is 22.0 Å². The largest absolute Gasteiger partial charge is 0.493 e. The highest BCUT2D eigenvalue weighted by Crippen LogP contribution is 2.34. The summed E-state index contributed by atoms with van der Waals surface area (Å²) in [5, 5.41) is 2.39. The van der Waals surface area contributed by atoms with E-state index < -0.39 is 0 Å². The van der Waals surface area contributed by atoms with Gasteiger partial charge in [0.1, 0.15) is 5.75 Å². The fraction of sp³-hybridized carbons (Fsp3) is 0.231. The summed E-state index contributed by atoms with van der Waals surface area (Å²) in [6.45, 7) is 0.718. The fourth-order valence-corrected chi connectivity index (χ4v) is 2.51. The lowest BCUT2D eigenvalue weighted by Crippen LogP contribution is -2.20. The summed E-state index contributed by atoms with van der Waals surface area (Å²) in [5.74, 6) is 0.938. The van der Waals surface area contributed by atoms with Crippen molar-refractivity contribution >= 4 is 39.1 Å². The van der Waals surface area contributed by atoms with Crippen LogP contribution < -0.4 is 10.5 Å². The van der Waals surface area contributed by atoms with E-state index in [1.54, 1.807) is 0 Å². The highest BCUT2D eigenvalue weighted by molar-refractivity contribution is 9.10. The van der Waals surface area contributed by atoms with Crippen LogP contribution in [0.4, 0.5) is 0 Å². The fourth-order valence-electron chi connectivity index (χ4n) is 2.13. The van der Waals surface area contributed by atoms with Gasteiger partial charge in [0.25, 0.3) is 0 Å². The van der Waals surface area contributed by atoms with Gasteiger partial charge in [0.05, 0.1) is 6.61 Å². The Kier molecular flexibility index (Phi) is 3.61. The summed E-state index contributed by atoms with van der Waals surface area (Å²) in [5.41, 5.74) is 7.21. The average molecular weight is 315 g/mol. The van der Waals surface area contributed by atoms with Gasteiger partial charge in [0.2, 0.25) is 0 Å². The van der Waals surface area contributed by atoms with Crippen LogP contribution in [-0.2, 0) is 0 Å². The molecule has 0 aromatic heterocycles. The molecule has 2 nitrogen and oxygen atoms in total. The second kappa shape index (κ2) is 4.84. The molecule has 0 amide bonds. The Hall–Kier alpha value is -0.770. The van der Waals surface area contributed by atoms with Crippen molar-refractivity contribution in [2.24, 2.45) is 5.73 Å². The molecule has 0 radical (unpaired) electrons. The van der Waals surface area contributed by atoms with E-state index in [0.717, 1.165) is 28.8 Å². The van der Waals surface area contributed by atoms with Crippen LogP contribution in [0.5, 0.6) is 5.75 Å². The van der Waals surface area contributed by atoms with Gasteiger partial charge in [-0.15, -0.1) is 12.4 Å². The lowest BCUT2D eigenvalue weighted by molar-refractivity contribution is 0.269. The van der Waals surface area contributed by atoms with Gasteiger partial charge in [0.15, 0.2) is 0 Å². The number of ether oxygens (including phenoxy) is 1. The van der Waals surface area contributed by atoms with Crippen LogP contribution in [0.1, 0.15) is 18.0 Å². The molecule has 2 aromatic rings. The highest BCUT2D eigenvalue weighted by atomic mass is 79.9. The van der Waals surface area contributed by atoms with Gasteiger partial charge in [-0.3, -0.25) is 0 Å². The van der Waals surface area contributed by atoms with Crippen molar-refractivity contribution < 1.29 is 4.74 Å². The lowest BCUT2D eigenvalue weighted by Gasteiger charge is -2.23. The third-order valence-corrected chi connectivity index (χ3v) is 3.51. The van der Waals surface area contributed by atoms with Crippen LogP contribution in [0.15, 0.2) is 34.8 Å². The number of hydrogen-bond donors (Lipinski definition) is 1. The number of halogens is 2. The minimum Gasteiger partial charge on any atom is -0.493 e. The molecule has 1 heterocycles. The van der Waals surface area contributed by atoms with Gasteiger partial charge < -0.3 is 10.5 Å². The molecule has 0 aliphatic carbocycles. The summed E-state index contributed by atoms with van der Waals surface area (Å²) in [7, 11) is 0. The standard InChI is InChI=1S/C13H12BrNO.ClH/c14-10-2-1-8-7-13-11(6-9(8)5-10)12(15)3-4-16-13;/h1-2,5-7,12H,3-4,15H2;1H/t12-;/m1./s1. The first-order valence-electron chi connectivity index (χ1n) is 5.35. The number of benzene rings is 2. The van der Waals surface area contributed by atoms with Crippen molar-refractivity contribution in [1.29, 1.82) is 0 Å². The maximum Gasteiger partial charge on any atom is 0.124 e. The van der Waals surface area contributed by atoms with E-state index in [2.05, 4.69) is 40.2 Å². The molecule has 3 rings (SSSR count). The zero-order valence-electron chi connectivity index (χ0n) is 9.15. The van der Waals surface area contributed by atoms with Gasteiger partial charge in [-0.05, 0) is 35.0 Å². The van der Waals surface area contributed by atoms with E-state index in [9.17, 15) is 0 Å². The van der Waals surface area contributed by atoms with Crippen molar-refractivity contribution in [3.05, 3.63) is 40.4 Å². The summed E-state index contributed by atoms with van der Waals surface area (Å²) in [6, 6.07) is 10.6. The van der Waals surface area contributed by atoms with Crippen molar-refractivity contribution in [2.45, 2.75) is 12.5 Å². The van der Waals surface area contributed by atoms with Crippen LogP contribution >= 0.6 is 28.3 Å². The van der Waals surface area contributed by atoms with Crippen molar-refractivity contribution in [2.75, 3.05) is 6.61 Å². The summed E-state index contributed by atoms with van der Waals surface area (Å²) in [6.07, 6.45) is 0.895. The number of nitrogens with two attached hydrogens (primary N) is 1. The van der Waals surface area contributed by atoms with E-state index in [1.807, 2.05) is 6.07 Å². The molecule has 0 unspecified atom stereocenters. The quantitative estimate of drug-likeness (QED) is 0.802. The molecule has 0 fully saturated rings. The Balaban J connectivity index is 0.00000108. The monoisotopic (exact) mass is 313 g/mol. The topological polar surface area (TPSA) is 35.2 Å². The third kappa shape index (κ3) is 2.28. The molecule has 1 aliphatic rings. The first-order valence-corrected chi connectivity index (χ1v) is 6.15. The number of hydrogen-bond acceptors (Lipinski definition) is 2. The molecule has 90 valence electrons. The molecule has 1 atom stereocenters. The molecule has 0 saturated carbocycles. The van der Waals surface area contributed by atoms with Crippen molar-refractivity contribution in [1.82, 2.24) is 0 Å². The normalized spacial score (nSPS) is 18.1. The van der Waals surface area contributed by atoms with Crippen LogP contribution in [0.25, 0.3) is 10.8 Å². The van der Waals surface area contributed by atoms with Gasteiger partial charge in [0, 0.05) is 22.5 Å². The van der Waals surface area contributed by atoms with Crippen LogP contribution in [0.2, 0.25) is 0 Å². The summed E-state index contributed by atoms with van der Waals surface area (Å²) < 4.78 is 6.73. The first kappa shape index (κ1) is 12.7. The number of fused-ring (bicyclic) bond motifs is 2. The van der Waals surface area contributed by atoms with Gasteiger partial charge in [-0.2, -0.15) is 0 Å². The molecule has 2 N–H and O–H groups in total. The highest BCUT2D eigenvalue weighted by Gasteiger charge is 2.18.